The molecule has 0 amide bonds. The Morgan fingerprint density at radius 1 is 1.03 bits per heavy atom. The molecule has 0 unspecified atom stereocenters. The molecule has 1 aliphatic heterocycles. The van der Waals surface area contributed by atoms with Crippen molar-refractivity contribution in [3.05, 3.63) is 52.9 Å². The van der Waals surface area contributed by atoms with Gasteiger partial charge in [-0.25, -0.2) is 9.78 Å². The zero-order chi connectivity index (χ0) is 20.2. The fourth-order valence-electron chi connectivity index (χ4n) is 3.38. The second-order valence-corrected chi connectivity index (χ2v) is 6.59. The summed E-state index contributed by atoms with van der Waals surface area (Å²) >= 11 is 3.64. The normalized spacial score (nSPS) is 14.5. The number of hydrogen-bond donors (Lipinski definition) is 2. The first-order valence-corrected chi connectivity index (χ1v) is 9.55. The lowest BCUT2D eigenvalue weighted by Gasteiger charge is -2.20. The Labute approximate surface area is 170 Å². The quantitative estimate of drug-likeness (QED) is 0.516. The van der Waals surface area contributed by atoms with Crippen LogP contribution in [0.1, 0.15) is 6.42 Å². The third-order valence-corrected chi connectivity index (χ3v) is 4.77. The number of pyridine rings is 1. The number of rotatable bonds is 2. The predicted molar refractivity (Wildman–Crippen MR) is 111 cm³/mol. The molecule has 0 spiro atoms. The second kappa shape index (κ2) is 8.60. The van der Waals surface area contributed by atoms with Crippen LogP contribution in [-0.4, -0.2) is 40.8 Å². The fraction of sp³-hybridized carbons (Fsp3) is 0.250. The van der Waals surface area contributed by atoms with Crippen molar-refractivity contribution in [1.29, 1.82) is 0 Å². The minimum absolute atomic E-state index is 0.259. The van der Waals surface area contributed by atoms with Crippen molar-refractivity contribution < 1.29 is 13.5 Å². The third kappa shape index (κ3) is 3.95. The summed E-state index contributed by atoms with van der Waals surface area (Å²) in [4.78, 5) is 23.7. The number of nitrogens with zero attached hydrogens (tertiary/aromatic N) is 3. The molecule has 2 N–H and O–H groups in total. The van der Waals surface area contributed by atoms with Gasteiger partial charge >= 0.3 is 5.63 Å². The molecule has 0 radical (unpaired) electrons. The van der Waals surface area contributed by atoms with Gasteiger partial charge in [0.05, 0.1) is 11.9 Å². The first-order chi connectivity index (χ1) is 14.3. The van der Waals surface area contributed by atoms with Gasteiger partial charge in [0, 0.05) is 25.0 Å². The highest BCUT2D eigenvalue weighted by atomic mass is 35.5. The summed E-state index contributed by atoms with van der Waals surface area (Å²) < 4.78 is 17.7. The molecule has 1 aliphatic rings. The Bertz CT molecular complexity index is 1150. The lowest BCUT2D eigenvalue weighted by Crippen LogP contribution is -2.28. The summed E-state index contributed by atoms with van der Waals surface area (Å²) in [5, 5.41) is 4.11. The highest BCUT2D eigenvalue weighted by Crippen LogP contribution is 2.25. The van der Waals surface area contributed by atoms with Gasteiger partial charge < -0.3 is 19.1 Å². The zero-order valence-electron chi connectivity index (χ0n) is 15.5. The van der Waals surface area contributed by atoms with Crippen LogP contribution in [0.3, 0.4) is 0 Å². The smallest absolute Gasteiger partial charge is 0.350 e. The summed E-state index contributed by atoms with van der Waals surface area (Å²) in [6.45, 7) is 3.73. The summed E-state index contributed by atoms with van der Waals surface area (Å²) in [7, 11) is 0. The van der Waals surface area contributed by atoms with Crippen LogP contribution in [0.15, 0.2) is 56.1 Å². The maximum absolute atomic E-state index is 12.5. The van der Waals surface area contributed by atoms with Crippen LogP contribution in [0.2, 0.25) is 0 Å². The van der Waals surface area contributed by atoms with Gasteiger partial charge in [-0.15, -0.1) is 0 Å². The standard InChI is InChI=1S/C20H18N4O3.ClHO/c25-20-14(19-22-15-4-1-2-5-16(15)26-19)12-13-6-7-17(23-18(13)27-20)24-10-3-8-21-9-11-24;1-2/h1-2,4-7,12,21H,3,8-11H2;2H. The van der Waals surface area contributed by atoms with Gasteiger partial charge in [0.15, 0.2) is 5.58 Å². The Morgan fingerprint density at radius 3 is 2.76 bits per heavy atom. The van der Waals surface area contributed by atoms with Crippen LogP contribution >= 0.6 is 11.9 Å². The first kappa shape index (κ1) is 19.4. The predicted octanol–water partition coefficient (Wildman–Crippen LogP) is 2.93. The molecular formula is C20H19ClN4O4. The van der Waals surface area contributed by atoms with Crippen molar-refractivity contribution >= 4 is 39.9 Å². The molecule has 3 aromatic heterocycles. The topological polar surface area (TPSA) is 105 Å². The van der Waals surface area contributed by atoms with Crippen LogP contribution in [0.4, 0.5) is 5.82 Å². The molecule has 0 bridgehead atoms. The zero-order valence-corrected chi connectivity index (χ0v) is 16.2. The number of hydrogen-bond acceptors (Lipinski definition) is 8. The van der Waals surface area contributed by atoms with Gasteiger partial charge in [-0.05, 0) is 43.3 Å². The Morgan fingerprint density at radius 2 is 1.90 bits per heavy atom. The molecule has 4 aromatic rings. The van der Waals surface area contributed by atoms with Gasteiger partial charge in [0.1, 0.15) is 16.9 Å². The van der Waals surface area contributed by atoms with E-state index in [0.717, 1.165) is 43.8 Å². The molecule has 8 nitrogen and oxygen atoms in total. The molecule has 1 fully saturated rings. The molecule has 1 saturated heterocycles. The number of anilines is 1. The SMILES string of the molecule is O=c1oc2nc(N3CCCNCC3)ccc2cc1-c1nc2ccccc2o1.OCl. The minimum atomic E-state index is -0.503. The Kier molecular flexibility index (Phi) is 5.75. The molecule has 9 heteroatoms. The fourth-order valence-corrected chi connectivity index (χ4v) is 3.38. The van der Waals surface area contributed by atoms with E-state index in [9.17, 15) is 4.79 Å². The number of halogens is 1. The van der Waals surface area contributed by atoms with E-state index in [1.54, 1.807) is 6.07 Å². The van der Waals surface area contributed by atoms with E-state index in [1.807, 2.05) is 36.4 Å². The number of benzene rings is 1. The number of para-hydroxylation sites is 2. The van der Waals surface area contributed by atoms with E-state index in [0.29, 0.717) is 22.4 Å². The molecule has 29 heavy (non-hydrogen) atoms. The Balaban J connectivity index is 0.000000994. The molecule has 0 aliphatic carbocycles. The molecule has 150 valence electrons. The number of oxazole rings is 1. The molecular weight excluding hydrogens is 396 g/mol. The highest BCUT2D eigenvalue weighted by Gasteiger charge is 2.16. The third-order valence-electron chi connectivity index (χ3n) is 4.77. The van der Waals surface area contributed by atoms with E-state index in [-0.39, 0.29) is 5.89 Å². The van der Waals surface area contributed by atoms with Gasteiger partial charge in [0.2, 0.25) is 11.6 Å². The van der Waals surface area contributed by atoms with Crippen molar-refractivity contribution in [2.24, 2.45) is 0 Å². The van der Waals surface area contributed by atoms with E-state index in [2.05, 4.69) is 32.1 Å². The molecule has 5 rings (SSSR count). The van der Waals surface area contributed by atoms with Gasteiger partial charge in [-0.1, -0.05) is 12.1 Å². The summed E-state index contributed by atoms with van der Waals surface area (Å²) in [6, 6.07) is 13.0. The minimum Gasteiger partial charge on any atom is -0.436 e. The molecule has 0 saturated carbocycles. The van der Waals surface area contributed by atoms with Crippen LogP contribution in [0, 0.1) is 0 Å². The number of aromatic nitrogens is 2. The summed E-state index contributed by atoms with van der Waals surface area (Å²) in [5.74, 6) is 1.08. The van der Waals surface area contributed by atoms with Crippen LogP contribution in [0.5, 0.6) is 0 Å². The molecule has 1 aromatic carbocycles. The molecule has 0 atom stereocenters. The van der Waals surface area contributed by atoms with E-state index >= 15 is 0 Å². The van der Waals surface area contributed by atoms with Crippen LogP contribution in [-0.2, 0) is 0 Å². The second-order valence-electron chi connectivity index (χ2n) is 6.59. The van der Waals surface area contributed by atoms with E-state index < -0.39 is 5.63 Å². The number of nitrogens with one attached hydrogen (secondary N) is 1. The number of fused-ring (bicyclic) bond motifs is 2. The molecule has 4 heterocycles. The van der Waals surface area contributed by atoms with Crippen molar-refractivity contribution in [2.45, 2.75) is 6.42 Å². The average Bonchev–Trinajstić information content (AvgIpc) is 3.00. The van der Waals surface area contributed by atoms with E-state index in [4.69, 9.17) is 13.5 Å². The maximum Gasteiger partial charge on any atom is 0.350 e. The first-order valence-electron chi connectivity index (χ1n) is 9.21. The van der Waals surface area contributed by atoms with Crippen molar-refractivity contribution in [1.82, 2.24) is 15.3 Å². The highest BCUT2D eigenvalue weighted by molar-refractivity contribution is 6.04. The van der Waals surface area contributed by atoms with Crippen molar-refractivity contribution in [3.63, 3.8) is 0 Å². The lowest BCUT2D eigenvalue weighted by molar-refractivity contribution is 0.543. The van der Waals surface area contributed by atoms with E-state index in [1.165, 1.54) is 0 Å². The van der Waals surface area contributed by atoms with Gasteiger partial charge in [-0.2, -0.15) is 4.98 Å². The van der Waals surface area contributed by atoms with Gasteiger partial charge in [0.25, 0.3) is 0 Å². The maximum atomic E-state index is 12.5. The monoisotopic (exact) mass is 414 g/mol. The summed E-state index contributed by atoms with van der Waals surface area (Å²) in [5.41, 5.74) is 1.46. The van der Waals surface area contributed by atoms with Gasteiger partial charge in [-0.3, -0.25) is 4.66 Å². The van der Waals surface area contributed by atoms with Crippen LogP contribution < -0.4 is 15.8 Å². The largest absolute Gasteiger partial charge is 0.436 e. The Hall–Kier alpha value is -2.94. The van der Waals surface area contributed by atoms with Crippen LogP contribution in [0.25, 0.3) is 33.7 Å². The lowest BCUT2D eigenvalue weighted by atomic mass is 10.2. The van der Waals surface area contributed by atoms with Crippen molar-refractivity contribution in [3.8, 4) is 11.5 Å². The average molecular weight is 415 g/mol. The van der Waals surface area contributed by atoms with Crippen molar-refractivity contribution in [2.75, 3.05) is 31.1 Å². The summed E-state index contributed by atoms with van der Waals surface area (Å²) in [6.07, 6.45) is 1.06.